The predicted octanol–water partition coefficient (Wildman–Crippen LogP) is 3.23. The number of nitrogens with one attached hydrogen (secondary N) is 1. The zero-order chi connectivity index (χ0) is 22.5. The lowest BCUT2D eigenvalue weighted by atomic mass is 9.93. The Balaban J connectivity index is 0.000000396. The largest absolute Gasteiger partial charge is 0.490 e. The molecule has 0 saturated heterocycles. The van der Waals surface area contributed by atoms with Crippen molar-refractivity contribution in [2.75, 3.05) is 11.9 Å². The van der Waals surface area contributed by atoms with Crippen LogP contribution in [0.3, 0.4) is 0 Å². The van der Waals surface area contributed by atoms with Gasteiger partial charge in [-0.3, -0.25) is 9.69 Å². The summed E-state index contributed by atoms with van der Waals surface area (Å²) in [5, 5.41) is 14.5. The summed E-state index contributed by atoms with van der Waals surface area (Å²) in [5.74, 6) is -1.89. The highest BCUT2D eigenvalue weighted by atomic mass is 19.4. The Kier molecular flexibility index (Phi) is 7.60. The SMILES string of the molecule is CCN1Cc2ccccc2CC1C(=O)Nc1c(C)cnn1CC.O=C(O)C(F)(F)F. The zero-order valence-electron chi connectivity index (χ0n) is 17.0. The molecule has 1 aromatic heterocycles. The monoisotopic (exact) mass is 426 g/mol. The number of carbonyl (C=O) groups excluding carboxylic acids is 1. The second-order valence-corrected chi connectivity index (χ2v) is 6.84. The molecule has 2 N–H and O–H groups in total. The van der Waals surface area contributed by atoms with E-state index in [1.807, 2.05) is 24.6 Å². The minimum Gasteiger partial charge on any atom is -0.475 e. The number of benzene rings is 1. The third-order valence-corrected chi connectivity index (χ3v) is 4.86. The van der Waals surface area contributed by atoms with Crippen LogP contribution < -0.4 is 5.32 Å². The van der Waals surface area contributed by atoms with Gasteiger partial charge in [0.25, 0.3) is 0 Å². The quantitative estimate of drug-likeness (QED) is 0.784. The number of halogens is 3. The molecule has 2 aromatic rings. The molecule has 1 amide bonds. The number of hydrogen-bond acceptors (Lipinski definition) is 4. The van der Waals surface area contributed by atoms with Crippen molar-refractivity contribution < 1.29 is 27.9 Å². The third kappa shape index (κ3) is 5.59. The van der Waals surface area contributed by atoms with Crippen LogP contribution in [-0.2, 0) is 29.1 Å². The average molecular weight is 426 g/mol. The molecular formula is C20H25F3N4O3. The summed E-state index contributed by atoms with van der Waals surface area (Å²) in [6, 6.07) is 8.27. The van der Waals surface area contributed by atoms with Crippen molar-refractivity contribution in [3.05, 3.63) is 47.2 Å². The Morgan fingerprint density at radius 2 is 1.80 bits per heavy atom. The first-order valence-corrected chi connectivity index (χ1v) is 9.52. The number of alkyl halides is 3. The molecule has 2 heterocycles. The molecule has 1 unspecified atom stereocenters. The highest BCUT2D eigenvalue weighted by molar-refractivity contribution is 5.95. The molecule has 7 nitrogen and oxygen atoms in total. The minimum atomic E-state index is -5.08. The van der Waals surface area contributed by atoms with Gasteiger partial charge in [-0.2, -0.15) is 18.3 Å². The molecule has 0 aliphatic carbocycles. The molecular weight excluding hydrogens is 401 g/mol. The highest BCUT2D eigenvalue weighted by Crippen LogP contribution is 2.24. The lowest BCUT2D eigenvalue weighted by Crippen LogP contribution is -2.48. The van der Waals surface area contributed by atoms with E-state index in [2.05, 4.69) is 40.4 Å². The standard InChI is InChI=1S/C18H24N4O.C2HF3O2/c1-4-21-12-15-9-7-6-8-14(15)10-16(21)18(23)20-17-13(3)11-19-22(17)5-2;3-2(4,5)1(6)7/h6-9,11,16H,4-5,10,12H2,1-3H3,(H,20,23);(H,6,7). The van der Waals surface area contributed by atoms with Gasteiger partial charge >= 0.3 is 12.1 Å². The fraction of sp³-hybridized carbons (Fsp3) is 0.450. The second-order valence-electron chi connectivity index (χ2n) is 6.84. The number of anilines is 1. The van der Waals surface area contributed by atoms with Crippen LogP contribution >= 0.6 is 0 Å². The minimum absolute atomic E-state index is 0.0552. The summed E-state index contributed by atoms with van der Waals surface area (Å²) < 4.78 is 33.6. The number of fused-ring (bicyclic) bond motifs is 1. The van der Waals surface area contributed by atoms with Gasteiger partial charge in [-0.25, -0.2) is 9.48 Å². The maximum atomic E-state index is 12.9. The van der Waals surface area contributed by atoms with Crippen molar-refractivity contribution in [1.82, 2.24) is 14.7 Å². The summed E-state index contributed by atoms with van der Waals surface area (Å²) >= 11 is 0. The van der Waals surface area contributed by atoms with Crippen LogP contribution in [0.5, 0.6) is 0 Å². The summed E-state index contributed by atoms with van der Waals surface area (Å²) in [6.07, 6.45) is -2.53. The van der Waals surface area contributed by atoms with Crippen LogP contribution in [0.2, 0.25) is 0 Å². The molecule has 0 fully saturated rings. The Morgan fingerprint density at radius 3 is 2.33 bits per heavy atom. The Labute approximate surface area is 172 Å². The first-order valence-electron chi connectivity index (χ1n) is 9.52. The van der Waals surface area contributed by atoms with E-state index in [1.165, 1.54) is 11.1 Å². The van der Waals surface area contributed by atoms with Crippen LogP contribution in [-0.4, -0.2) is 50.4 Å². The number of aromatic nitrogens is 2. The van der Waals surface area contributed by atoms with Gasteiger partial charge in [-0.15, -0.1) is 0 Å². The van der Waals surface area contributed by atoms with Crippen LogP contribution in [0.15, 0.2) is 30.5 Å². The van der Waals surface area contributed by atoms with Crippen LogP contribution in [0, 0.1) is 6.92 Å². The van der Waals surface area contributed by atoms with Crippen molar-refractivity contribution in [2.45, 2.75) is 52.5 Å². The maximum absolute atomic E-state index is 12.9. The van der Waals surface area contributed by atoms with Gasteiger partial charge in [-0.05, 0) is 37.9 Å². The summed E-state index contributed by atoms with van der Waals surface area (Å²) in [6.45, 7) is 8.54. The van der Waals surface area contributed by atoms with E-state index in [1.54, 1.807) is 6.20 Å². The van der Waals surface area contributed by atoms with E-state index in [-0.39, 0.29) is 11.9 Å². The van der Waals surface area contributed by atoms with E-state index < -0.39 is 12.1 Å². The molecule has 0 bridgehead atoms. The number of rotatable bonds is 4. The van der Waals surface area contributed by atoms with Crippen LogP contribution in [0.25, 0.3) is 0 Å². The molecule has 10 heteroatoms. The number of likely N-dealkylation sites (N-methyl/N-ethyl adjacent to an activating group) is 1. The smallest absolute Gasteiger partial charge is 0.475 e. The lowest BCUT2D eigenvalue weighted by molar-refractivity contribution is -0.192. The first-order chi connectivity index (χ1) is 14.1. The van der Waals surface area contributed by atoms with Crippen molar-refractivity contribution in [1.29, 1.82) is 0 Å². The Morgan fingerprint density at radius 1 is 1.20 bits per heavy atom. The molecule has 1 aromatic carbocycles. The Bertz CT molecular complexity index is 896. The molecule has 0 spiro atoms. The van der Waals surface area contributed by atoms with Gasteiger partial charge in [-0.1, -0.05) is 31.2 Å². The average Bonchev–Trinajstić information content (AvgIpc) is 3.06. The fourth-order valence-corrected chi connectivity index (χ4v) is 3.25. The molecule has 30 heavy (non-hydrogen) atoms. The maximum Gasteiger partial charge on any atom is 0.490 e. The van der Waals surface area contributed by atoms with Crippen molar-refractivity contribution >= 4 is 17.7 Å². The topological polar surface area (TPSA) is 87.5 Å². The number of carbonyl (C=O) groups is 2. The zero-order valence-corrected chi connectivity index (χ0v) is 17.0. The van der Waals surface area contributed by atoms with Crippen LogP contribution in [0.4, 0.5) is 19.0 Å². The number of aryl methyl sites for hydroxylation is 2. The molecule has 0 saturated carbocycles. The number of carboxylic acids is 1. The predicted molar refractivity (Wildman–Crippen MR) is 105 cm³/mol. The third-order valence-electron chi connectivity index (χ3n) is 4.86. The van der Waals surface area contributed by atoms with Gasteiger partial charge in [0.15, 0.2) is 0 Å². The lowest BCUT2D eigenvalue weighted by Gasteiger charge is -2.35. The molecule has 0 radical (unpaired) electrons. The van der Waals surface area contributed by atoms with Crippen LogP contribution in [0.1, 0.15) is 30.5 Å². The van der Waals surface area contributed by atoms with Gasteiger partial charge in [0.2, 0.25) is 5.91 Å². The molecule has 164 valence electrons. The van der Waals surface area contributed by atoms with Gasteiger partial charge in [0, 0.05) is 18.7 Å². The Hall–Kier alpha value is -2.88. The highest BCUT2D eigenvalue weighted by Gasteiger charge is 2.38. The van der Waals surface area contributed by atoms with Gasteiger partial charge in [0.05, 0.1) is 12.2 Å². The number of aliphatic carboxylic acids is 1. The van der Waals surface area contributed by atoms with Gasteiger partial charge < -0.3 is 10.4 Å². The first kappa shape index (κ1) is 23.4. The number of hydrogen-bond donors (Lipinski definition) is 2. The summed E-state index contributed by atoms with van der Waals surface area (Å²) in [5.41, 5.74) is 3.60. The van der Waals surface area contributed by atoms with Crippen molar-refractivity contribution in [3.8, 4) is 0 Å². The number of carboxylic acid groups (broad SMARTS) is 1. The molecule has 1 aliphatic heterocycles. The fourth-order valence-electron chi connectivity index (χ4n) is 3.25. The van der Waals surface area contributed by atoms with E-state index in [0.29, 0.717) is 0 Å². The van der Waals surface area contributed by atoms with Gasteiger partial charge in [0.1, 0.15) is 5.82 Å². The summed E-state index contributed by atoms with van der Waals surface area (Å²) in [7, 11) is 0. The van der Waals surface area contributed by atoms with E-state index in [0.717, 1.165) is 37.4 Å². The normalized spacial score (nSPS) is 16.3. The van der Waals surface area contributed by atoms with E-state index >= 15 is 0 Å². The number of amides is 1. The second kappa shape index (κ2) is 9.75. The van der Waals surface area contributed by atoms with E-state index in [4.69, 9.17) is 9.90 Å². The van der Waals surface area contributed by atoms with E-state index in [9.17, 15) is 18.0 Å². The molecule has 3 rings (SSSR count). The summed E-state index contributed by atoms with van der Waals surface area (Å²) in [4.78, 5) is 24.0. The number of nitrogens with zero attached hydrogens (tertiary/aromatic N) is 3. The van der Waals surface area contributed by atoms with Crippen molar-refractivity contribution in [2.24, 2.45) is 0 Å². The molecule has 1 aliphatic rings. The van der Waals surface area contributed by atoms with Crippen molar-refractivity contribution in [3.63, 3.8) is 0 Å². The molecule has 1 atom stereocenters.